The van der Waals surface area contributed by atoms with Gasteiger partial charge in [0.15, 0.2) is 5.82 Å². The minimum Gasteiger partial charge on any atom is -0.338 e. The van der Waals surface area contributed by atoms with Crippen LogP contribution in [0.2, 0.25) is 0 Å². The van der Waals surface area contributed by atoms with Gasteiger partial charge in [0, 0.05) is 18.6 Å². The van der Waals surface area contributed by atoms with Crippen LogP contribution in [0, 0.1) is 6.92 Å². The number of likely N-dealkylation sites (tertiary alicyclic amines) is 1. The Morgan fingerprint density at radius 2 is 2.40 bits per heavy atom. The Hall–Kier alpha value is -0.940. The fourth-order valence-electron chi connectivity index (χ4n) is 1.99. The highest BCUT2D eigenvalue weighted by Crippen LogP contribution is 2.14. The van der Waals surface area contributed by atoms with Gasteiger partial charge < -0.3 is 14.7 Å². The van der Waals surface area contributed by atoms with Crippen LogP contribution < -0.4 is 5.32 Å². The summed E-state index contributed by atoms with van der Waals surface area (Å²) in [5, 5.41) is 7.19. The molecule has 1 aliphatic heterocycles. The second-order valence-corrected chi connectivity index (χ2v) is 4.34. The lowest BCUT2D eigenvalue weighted by Gasteiger charge is -2.12. The maximum atomic E-state index is 5.04. The van der Waals surface area contributed by atoms with Crippen LogP contribution in [-0.4, -0.2) is 40.7 Å². The second-order valence-electron chi connectivity index (χ2n) is 4.34. The molecule has 1 aromatic rings. The maximum absolute atomic E-state index is 5.04. The van der Waals surface area contributed by atoms with E-state index in [2.05, 4.69) is 34.3 Å². The van der Waals surface area contributed by atoms with Crippen LogP contribution in [0.25, 0.3) is 0 Å². The fourth-order valence-corrected chi connectivity index (χ4v) is 1.99. The van der Waals surface area contributed by atoms with Gasteiger partial charge in [0.1, 0.15) is 0 Å². The normalized spacial score (nSPS) is 27.4. The number of aromatic nitrogens is 2. The lowest BCUT2D eigenvalue weighted by molar-refractivity contribution is 0.323. The fraction of sp³-hybridized carbons (Fsp3) is 0.800. The van der Waals surface area contributed by atoms with Crippen LogP contribution in [0.4, 0.5) is 0 Å². The zero-order valence-corrected chi connectivity index (χ0v) is 9.53. The molecule has 1 aliphatic rings. The Labute approximate surface area is 89.8 Å². The van der Waals surface area contributed by atoms with Gasteiger partial charge in [-0.25, -0.2) is 0 Å². The quantitative estimate of drug-likeness (QED) is 0.790. The lowest BCUT2D eigenvalue weighted by Crippen LogP contribution is -2.31. The molecule has 0 radical (unpaired) electrons. The van der Waals surface area contributed by atoms with E-state index in [0.29, 0.717) is 30.3 Å². The molecule has 2 atom stereocenters. The molecule has 0 spiro atoms. The summed E-state index contributed by atoms with van der Waals surface area (Å²) in [5.74, 6) is 1.37. The molecule has 2 heterocycles. The van der Waals surface area contributed by atoms with Crippen LogP contribution in [0.15, 0.2) is 4.52 Å². The summed E-state index contributed by atoms with van der Waals surface area (Å²) in [7, 11) is 2.16. The van der Waals surface area contributed by atoms with Crippen molar-refractivity contribution >= 4 is 0 Å². The van der Waals surface area contributed by atoms with Crippen LogP contribution in [-0.2, 0) is 6.54 Å². The first-order chi connectivity index (χ1) is 7.15. The largest absolute Gasteiger partial charge is 0.338 e. The van der Waals surface area contributed by atoms with E-state index >= 15 is 0 Å². The summed E-state index contributed by atoms with van der Waals surface area (Å²) >= 11 is 0. The molecular weight excluding hydrogens is 192 g/mol. The first-order valence-electron chi connectivity index (χ1n) is 5.38. The third kappa shape index (κ3) is 2.54. The topological polar surface area (TPSA) is 54.2 Å². The minimum atomic E-state index is 0.539. The summed E-state index contributed by atoms with van der Waals surface area (Å²) < 4.78 is 5.04. The van der Waals surface area contributed by atoms with Crippen molar-refractivity contribution in [1.82, 2.24) is 20.4 Å². The van der Waals surface area contributed by atoms with E-state index in [1.807, 2.05) is 6.92 Å². The molecule has 2 rings (SSSR count). The number of hydrogen-bond acceptors (Lipinski definition) is 5. The maximum Gasteiger partial charge on any atom is 0.240 e. The van der Waals surface area contributed by atoms with Gasteiger partial charge >= 0.3 is 0 Å². The molecule has 0 aromatic carbocycles. The van der Waals surface area contributed by atoms with E-state index in [9.17, 15) is 0 Å². The molecule has 1 aromatic heterocycles. The number of aryl methyl sites for hydroxylation is 1. The van der Waals surface area contributed by atoms with Crippen molar-refractivity contribution < 1.29 is 4.52 Å². The number of nitrogens with zero attached hydrogens (tertiary/aromatic N) is 3. The van der Waals surface area contributed by atoms with Crippen molar-refractivity contribution in [3.8, 4) is 0 Å². The third-order valence-electron chi connectivity index (χ3n) is 3.00. The molecule has 5 nitrogen and oxygen atoms in total. The van der Waals surface area contributed by atoms with Crippen LogP contribution >= 0.6 is 0 Å². The summed E-state index contributed by atoms with van der Waals surface area (Å²) in [6, 6.07) is 1.20. The monoisotopic (exact) mass is 210 g/mol. The van der Waals surface area contributed by atoms with Crippen molar-refractivity contribution in [2.24, 2.45) is 0 Å². The molecule has 0 amide bonds. The molecule has 0 saturated carbocycles. The predicted octanol–water partition coefficient (Wildman–Crippen LogP) is 0.560. The highest BCUT2D eigenvalue weighted by molar-refractivity contribution is 4.88. The van der Waals surface area contributed by atoms with Gasteiger partial charge in [-0.05, 0) is 27.3 Å². The first-order valence-corrected chi connectivity index (χ1v) is 5.38. The Morgan fingerprint density at radius 3 is 2.93 bits per heavy atom. The van der Waals surface area contributed by atoms with E-state index in [4.69, 9.17) is 4.52 Å². The van der Waals surface area contributed by atoms with Crippen molar-refractivity contribution in [2.45, 2.75) is 38.9 Å². The van der Waals surface area contributed by atoms with Gasteiger partial charge in [-0.1, -0.05) is 5.16 Å². The highest BCUT2D eigenvalue weighted by Gasteiger charge is 2.25. The van der Waals surface area contributed by atoms with Gasteiger partial charge in [-0.15, -0.1) is 0 Å². The van der Waals surface area contributed by atoms with E-state index in [-0.39, 0.29) is 0 Å². The number of hydrogen-bond donors (Lipinski definition) is 1. The van der Waals surface area contributed by atoms with Crippen LogP contribution in [0.5, 0.6) is 0 Å². The highest BCUT2D eigenvalue weighted by atomic mass is 16.5. The molecule has 2 unspecified atom stereocenters. The molecule has 1 saturated heterocycles. The third-order valence-corrected chi connectivity index (χ3v) is 3.00. The second kappa shape index (κ2) is 4.28. The zero-order valence-electron chi connectivity index (χ0n) is 9.53. The Bertz CT molecular complexity index is 315. The van der Waals surface area contributed by atoms with Crippen molar-refractivity contribution in [3.63, 3.8) is 0 Å². The Morgan fingerprint density at radius 1 is 1.60 bits per heavy atom. The van der Waals surface area contributed by atoms with Crippen molar-refractivity contribution in [1.29, 1.82) is 0 Å². The van der Waals surface area contributed by atoms with Crippen LogP contribution in [0.3, 0.4) is 0 Å². The zero-order chi connectivity index (χ0) is 10.8. The molecule has 84 valence electrons. The van der Waals surface area contributed by atoms with Crippen molar-refractivity contribution in [3.05, 3.63) is 11.7 Å². The molecule has 15 heavy (non-hydrogen) atoms. The molecule has 1 fully saturated rings. The molecular formula is C10H18N4O. The van der Waals surface area contributed by atoms with E-state index in [0.717, 1.165) is 6.54 Å². The summed E-state index contributed by atoms with van der Waals surface area (Å²) in [4.78, 5) is 6.51. The summed E-state index contributed by atoms with van der Waals surface area (Å²) in [6.07, 6.45) is 1.18. The minimum absolute atomic E-state index is 0.539. The van der Waals surface area contributed by atoms with Gasteiger partial charge in [0.2, 0.25) is 5.89 Å². The van der Waals surface area contributed by atoms with E-state index < -0.39 is 0 Å². The molecule has 5 heteroatoms. The van der Waals surface area contributed by atoms with Gasteiger partial charge in [-0.3, -0.25) is 0 Å². The molecule has 0 bridgehead atoms. The van der Waals surface area contributed by atoms with Crippen molar-refractivity contribution in [2.75, 3.05) is 13.6 Å². The standard InChI is InChI=1S/C10H18N4O/c1-7-4-9(6-14(7)3)11-5-10-12-8(2)13-15-10/h7,9,11H,4-6H2,1-3H3. The summed E-state index contributed by atoms with van der Waals surface area (Å²) in [5.41, 5.74) is 0. The first kappa shape index (κ1) is 10.6. The van der Waals surface area contributed by atoms with E-state index in [1.165, 1.54) is 6.42 Å². The average molecular weight is 210 g/mol. The number of rotatable bonds is 3. The number of nitrogens with one attached hydrogen (secondary N) is 1. The number of likely N-dealkylation sites (N-methyl/N-ethyl adjacent to an activating group) is 1. The predicted molar refractivity (Wildman–Crippen MR) is 56.4 cm³/mol. The lowest BCUT2D eigenvalue weighted by atomic mass is 10.2. The average Bonchev–Trinajstić information content (AvgIpc) is 2.72. The van der Waals surface area contributed by atoms with Crippen LogP contribution in [0.1, 0.15) is 25.1 Å². The Kier molecular flexibility index (Phi) is 3.02. The smallest absolute Gasteiger partial charge is 0.240 e. The SMILES string of the molecule is Cc1noc(CNC2CC(C)N(C)C2)n1. The van der Waals surface area contributed by atoms with Gasteiger partial charge in [-0.2, -0.15) is 4.98 Å². The van der Waals surface area contributed by atoms with E-state index in [1.54, 1.807) is 0 Å². The summed E-state index contributed by atoms with van der Waals surface area (Å²) in [6.45, 7) is 5.84. The van der Waals surface area contributed by atoms with Gasteiger partial charge in [0.25, 0.3) is 0 Å². The molecule has 1 N–H and O–H groups in total. The van der Waals surface area contributed by atoms with Gasteiger partial charge in [0.05, 0.1) is 6.54 Å². The molecule has 0 aliphatic carbocycles. The Balaban J connectivity index is 1.79.